The van der Waals surface area contributed by atoms with Crippen molar-refractivity contribution in [1.82, 2.24) is 10.2 Å². The van der Waals surface area contributed by atoms with E-state index in [0.717, 1.165) is 35.6 Å². The van der Waals surface area contributed by atoms with E-state index in [-0.39, 0.29) is 11.4 Å². The average molecular weight is 327 g/mol. The van der Waals surface area contributed by atoms with Gasteiger partial charge >= 0.3 is 0 Å². The van der Waals surface area contributed by atoms with E-state index in [4.69, 9.17) is 0 Å². The lowest BCUT2D eigenvalue weighted by atomic mass is 9.90. The number of rotatable bonds is 3. The van der Waals surface area contributed by atoms with Crippen LogP contribution >= 0.6 is 15.9 Å². The second-order valence-electron chi connectivity index (χ2n) is 5.97. The van der Waals surface area contributed by atoms with Gasteiger partial charge in [0.25, 0.3) is 0 Å². The van der Waals surface area contributed by atoms with Crippen LogP contribution in [0.5, 0.6) is 0 Å². The van der Waals surface area contributed by atoms with E-state index >= 15 is 0 Å². The summed E-state index contributed by atoms with van der Waals surface area (Å²) in [5.74, 6) is 0.671. The minimum Gasteiger partial charge on any atom is -0.314 e. The summed E-state index contributed by atoms with van der Waals surface area (Å²) in [7, 11) is 0. The first-order valence-corrected chi connectivity index (χ1v) is 7.78. The Morgan fingerprint density at radius 3 is 2.95 bits per heavy atom. The Morgan fingerprint density at radius 1 is 1.47 bits per heavy atom. The molecular formula is C15H20BrFN2. The maximum Gasteiger partial charge on any atom is 0.128 e. The third kappa shape index (κ3) is 2.71. The van der Waals surface area contributed by atoms with E-state index in [1.54, 1.807) is 6.07 Å². The van der Waals surface area contributed by atoms with Crippen LogP contribution in [0.1, 0.15) is 25.3 Å². The molecule has 1 heterocycles. The Hall–Kier alpha value is -0.450. The van der Waals surface area contributed by atoms with E-state index in [2.05, 4.69) is 33.1 Å². The first-order valence-electron chi connectivity index (χ1n) is 6.99. The Labute approximate surface area is 122 Å². The van der Waals surface area contributed by atoms with Gasteiger partial charge < -0.3 is 5.32 Å². The van der Waals surface area contributed by atoms with Crippen LogP contribution in [0, 0.1) is 11.7 Å². The second-order valence-corrected chi connectivity index (χ2v) is 6.88. The minimum absolute atomic E-state index is 0.106. The molecule has 1 N–H and O–H groups in total. The zero-order valence-corrected chi connectivity index (χ0v) is 12.8. The molecule has 2 fully saturated rings. The average Bonchev–Trinajstić information content (AvgIpc) is 3.19. The third-order valence-electron chi connectivity index (χ3n) is 4.60. The molecule has 0 radical (unpaired) electrons. The SMILES string of the molecule is CC1(C2CC2)CNCCN1Cc1ccc(Br)cc1F. The molecule has 104 valence electrons. The van der Waals surface area contributed by atoms with Crippen LogP contribution in [-0.4, -0.2) is 30.1 Å². The lowest BCUT2D eigenvalue weighted by molar-refractivity contribution is 0.0475. The smallest absolute Gasteiger partial charge is 0.128 e. The molecule has 2 nitrogen and oxygen atoms in total. The van der Waals surface area contributed by atoms with Crippen LogP contribution in [0.15, 0.2) is 22.7 Å². The van der Waals surface area contributed by atoms with Gasteiger partial charge in [0, 0.05) is 41.8 Å². The molecule has 0 aromatic heterocycles. The number of hydrogen-bond acceptors (Lipinski definition) is 2. The number of nitrogens with one attached hydrogen (secondary N) is 1. The zero-order valence-electron chi connectivity index (χ0n) is 11.3. The molecule has 1 aromatic carbocycles. The molecule has 0 amide bonds. The molecule has 19 heavy (non-hydrogen) atoms. The Bertz CT molecular complexity index is 475. The van der Waals surface area contributed by atoms with Crippen LogP contribution < -0.4 is 5.32 Å². The fraction of sp³-hybridized carbons (Fsp3) is 0.600. The first kappa shape index (κ1) is 13.5. The van der Waals surface area contributed by atoms with Gasteiger partial charge in [0.15, 0.2) is 0 Å². The molecule has 1 saturated heterocycles. The Morgan fingerprint density at radius 2 is 2.26 bits per heavy atom. The molecule has 1 aliphatic heterocycles. The minimum atomic E-state index is -0.106. The largest absolute Gasteiger partial charge is 0.314 e. The van der Waals surface area contributed by atoms with Gasteiger partial charge in [-0.3, -0.25) is 4.90 Å². The first-order chi connectivity index (χ1) is 9.09. The molecule has 3 rings (SSSR count). The normalized spacial score (nSPS) is 28.6. The van der Waals surface area contributed by atoms with Gasteiger partial charge in [0.2, 0.25) is 0 Å². The topological polar surface area (TPSA) is 15.3 Å². The summed E-state index contributed by atoms with van der Waals surface area (Å²) in [6, 6.07) is 5.38. The van der Waals surface area contributed by atoms with Crippen molar-refractivity contribution in [2.45, 2.75) is 31.8 Å². The highest BCUT2D eigenvalue weighted by molar-refractivity contribution is 9.10. The molecule has 1 saturated carbocycles. The van der Waals surface area contributed by atoms with Crippen molar-refractivity contribution in [3.8, 4) is 0 Å². The summed E-state index contributed by atoms with van der Waals surface area (Å²) in [6.45, 7) is 6.07. The monoisotopic (exact) mass is 326 g/mol. The fourth-order valence-corrected chi connectivity index (χ4v) is 3.48. The Balaban J connectivity index is 1.80. The van der Waals surface area contributed by atoms with E-state index in [1.807, 2.05) is 12.1 Å². The molecule has 1 aliphatic carbocycles. The van der Waals surface area contributed by atoms with Gasteiger partial charge in [0.1, 0.15) is 5.82 Å². The van der Waals surface area contributed by atoms with Crippen molar-refractivity contribution in [3.63, 3.8) is 0 Å². The molecular weight excluding hydrogens is 307 g/mol. The number of benzene rings is 1. The van der Waals surface area contributed by atoms with E-state index < -0.39 is 0 Å². The van der Waals surface area contributed by atoms with Crippen LogP contribution in [0.2, 0.25) is 0 Å². The van der Waals surface area contributed by atoms with Crippen molar-refractivity contribution >= 4 is 15.9 Å². The number of halogens is 2. The van der Waals surface area contributed by atoms with Crippen LogP contribution in [0.3, 0.4) is 0 Å². The number of hydrogen-bond donors (Lipinski definition) is 1. The van der Waals surface area contributed by atoms with Crippen molar-refractivity contribution in [2.75, 3.05) is 19.6 Å². The summed E-state index contributed by atoms with van der Waals surface area (Å²) < 4.78 is 14.8. The van der Waals surface area contributed by atoms with Gasteiger partial charge in [-0.1, -0.05) is 22.0 Å². The summed E-state index contributed by atoms with van der Waals surface area (Å²) in [4.78, 5) is 2.47. The lowest BCUT2D eigenvalue weighted by Gasteiger charge is -2.46. The standard InChI is InChI=1S/C15H20BrFN2/c1-15(12-3-4-12)10-18-6-7-19(15)9-11-2-5-13(16)8-14(11)17/h2,5,8,12,18H,3-4,6-7,9-10H2,1H3. The van der Waals surface area contributed by atoms with E-state index in [0.29, 0.717) is 6.54 Å². The lowest BCUT2D eigenvalue weighted by Crippen LogP contribution is -2.60. The molecule has 1 atom stereocenters. The maximum absolute atomic E-state index is 14.0. The highest BCUT2D eigenvalue weighted by atomic mass is 79.9. The van der Waals surface area contributed by atoms with Crippen molar-refractivity contribution < 1.29 is 4.39 Å². The van der Waals surface area contributed by atoms with Gasteiger partial charge in [-0.15, -0.1) is 0 Å². The summed E-state index contributed by atoms with van der Waals surface area (Å²) >= 11 is 3.31. The molecule has 2 aliphatic rings. The summed E-state index contributed by atoms with van der Waals surface area (Å²) in [5.41, 5.74) is 0.995. The molecule has 1 unspecified atom stereocenters. The van der Waals surface area contributed by atoms with Crippen LogP contribution in [-0.2, 0) is 6.54 Å². The van der Waals surface area contributed by atoms with Gasteiger partial charge in [-0.05, 0) is 37.8 Å². The Kier molecular flexibility index (Phi) is 3.67. The third-order valence-corrected chi connectivity index (χ3v) is 5.09. The van der Waals surface area contributed by atoms with Crippen molar-refractivity contribution in [3.05, 3.63) is 34.1 Å². The highest BCUT2D eigenvalue weighted by Gasteiger charge is 2.46. The molecule has 4 heteroatoms. The number of piperazine rings is 1. The van der Waals surface area contributed by atoms with E-state index in [9.17, 15) is 4.39 Å². The quantitative estimate of drug-likeness (QED) is 0.917. The highest BCUT2D eigenvalue weighted by Crippen LogP contribution is 2.44. The van der Waals surface area contributed by atoms with Gasteiger partial charge in [-0.2, -0.15) is 0 Å². The van der Waals surface area contributed by atoms with Crippen LogP contribution in [0.4, 0.5) is 4.39 Å². The predicted molar refractivity (Wildman–Crippen MR) is 78.5 cm³/mol. The maximum atomic E-state index is 14.0. The summed E-state index contributed by atoms with van der Waals surface area (Å²) in [6.07, 6.45) is 2.63. The van der Waals surface area contributed by atoms with Crippen LogP contribution in [0.25, 0.3) is 0 Å². The van der Waals surface area contributed by atoms with Crippen molar-refractivity contribution in [1.29, 1.82) is 0 Å². The predicted octanol–water partition coefficient (Wildman–Crippen LogP) is 3.16. The zero-order chi connectivity index (χ0) is 13.5. The van der Waals surface area contributed by atoms with Gasteiger partial charge in [-0.25, -0.2) is 4.39 Å². The molecule has 0 bridgehead atoms. The van der Waals surface area contributed by atoms with E-state index in [1.165, 1.54) is 12.8 Å². The van der Waals surface area contributed by atoms with Crippen molar-refractivity contribution in [2.24, 2.45) is 5.92 Å². The number of nitrogens with zero attached hydrogens (tertiary/aromatic N) is 1. The molecule has 1 aromatic rings. The fourth-order valence-electron chi connectivity index (χ4n) is 3.15. The van der Waals surface area contributed by atoms with Gasteiger partial charge in [0.05, 0.1) is 0 Å². The molecule has 0 spiro atoms. The summed E-state index contributed by atoms with van der Waals surface area (Å²) in [5, 5.41) is 3.49. The second kappa shape index (κ2) is 5.15.